The molecule has 1 aliphatic carbocycles. The highest BCUT2D eigenvalue weighted by molar-refractivity contribution is 7.17. The fourth-order valence-corrected chi connectivity index (χ4v) is 4.70. The van der Waals surface area contributed by atoms with Gasteiger partial charge in [-0.1, -0.05) is 42.5 Å². The zero-order chi connectivity index (χ0) is 18.8. The van der Waals surface area contributed by atoms with Gasteiger partial charge in [-0.15, -0.1) is 11.3 Å². The highest BCUT2D eigenvalue weighted by atomic mass is 32.1. The molecular weight excluding hydrogens is 358 g/mol. The number of thiophene rings is 1. The SMILES string of the molecule is COC(=O)c1c(NC(=O)c2ccc(-c3ccccc3)cc2)sc2c1CCC2. The second-order valence-corrected chi connectivity index (χ2v) is 7.56. The van der Waals surface area contributed by atoms with Crippen molar-refractivity contribution in [2.75, 3.05) is 12.4 Å². The van der Waals surface area contributed by atoms with E-state index in [0.29, 0.717) is 16.1 Å². The van der Waals surface area contributed by atoms with Crippen molar-refractivity contribution in [1.82, 2.24) is 0 Å². The summed E-state index contributed by atoms with van der Waals surface area (Å²) in [5.41, 5.74) is 4.26. The largest absolute Gasteiger partial charge is 0.465 e. The lowest BCUT2D eigenvalue weighted by molar-refractivity contribution is 0.0601. The standard InChI is InChI=1S/C22H19NO3S/c1-26-22(25)19-17-8-5-9-18(17)27-21(19)23-20(24)16-12-10-15(11-13-16)14-6-3-2-4-7-14/h2-4,6-7,10-13H,5,8-9H2,1H3,(H,23,24). The van der Waals surface area contributed by atoms with Crippen LogP contribution in [0.1, 0.15) is 37.6 Å². The Morgan fingerprint density at radius 3 is 2.37 bits per heavy atom. The van der Waals surface area contributed by atoms with Crippen molar-refractivity contribution in [3.05, 3.63) is 76.2 Å². The molecule has 1 amide bonds. The summed E-state index contributed by atoms with van der Waals surface area (Å²) in [6, 6.07) is 17.5. The number of esters is 1. The summed E-state index contributed by atoms with van der Waals surface area (Å²) in [4.78, 5) is 26.1. The van der Waals surface area contributed by atoms with Crippen LogP contribution in [-0.4, -0.2) is 19.0 Å². The van der Waals surface area contributed by atoms with Gasteiger partial charge < -0.3 is 10.1 Å². The molecule has 0 spiro atoms. The van der Waals surface area contributed by atoms with E-state index < -0.39 is 0 Å². The van der Waals surface area contributed by atoms with E-state index >= 15 is 0 Å². The predicted octanol–water partition coefficient (Wildman–Crippen LogP) is 4.94. The molecule has 0 fully saturated rings. The quantitative estimate of drug-likeness (QED) is 0.655. The lowest BCUT2D eigenvalue weighted by atomic mass is 10.0. The maximum atomic E-state index is 12.7. The van der Waals surface area contributed by atoms with Crippen molar-refractivity contribution in [3.63, 3.8) is 0 Å². The molecule has 0 atom stereocenters. The number of nitrogens with one attached hydrogen (secondary N) is 1. The van der Waals surface area contributed by atoms with E-state index in [4.69, 9.17) is 4.74 Å². The van der Waals surface area contributed by atoms with E-state index in [0.717, 1.165) is 36.0 Å². The molecule has 4 rings (SSSR count). The predicted molar refractivity (Wildman–Crippen MR) is 108 cm³/mol. The van der Waals surface area contributed by atoms with Gasteiger partial charge in [-0.3, -0.25) is 4.79 Å². The summed E-state index contributed by atoms with van der Waals surface area (Å²) in [7, 11) is 1.37. The van der Waals surface area contributed by atoms with Crippen LogP contribution in [0, 0.1) is 0 Å². The molecule has 0 bridgehead atoms. The topological polar surface area (TPSA) is 55.4 Å². The van der Waals surface area contributed by atoms with Crippen molar-refractivity contribution < 1.29 is 14.3 Å². The Balaban J connectivity index is 1.57. The molecule has 0 unspecified atom stereocenters. The summed E-state index contributed by atoms with van der Waals surface area (Å²) in [6.07, 6.45) is 2.85. The summed E-state index contributed by atoms with van der Waals surface area (Å²) >= 11 is 1.48. The third-order valence-corrected chi connectivity index (χ3v) is 6.00. The molecule has 136 valence electrons. The Hall–Kier alpha value is -2.92. The second-order valence-electron chi connectivity index (χ2n) is 6.45. The molecule has 0 saturated carbocycles. The van der Waals surface area contributed by atoms with E-state index in [2.05, 4.69) is 5.32 Å². The normalized spacial score (nSPS) is 12.5. The maximum absolute atomic E-state index is 12.7. The third kappa shape index (κ3) is 3.38. The first-order valence-corrected chi connectivity index (χ1v) is 9.68. The van der Waals surface area contributed by atoms with Gasteiger partial charge in [0.2, 0.25) is 0 Å². The first kappa shape index (κ1) is 17.5. The average molecular weight is 377 g/mol. The van der Waals surface area contributed by atoms with Crippen LogP contribution in [0.15, 0.2) is 54.6 Å². The van der Waals surface area contributed by atoms with Crippen molar-refractivity contribution in [1.29, 1.82) is 0 Å². The number of fused-ring (bicyclic) bond motifs is 1. The lowest BCUT2D eigenvalue weighted by Crippen LogP contribution is -2.14. The molecule has 0 saturated heterocycles. The van der Waals surface area contributed by atoms with Crippen LogP contribution in [0.5, 0.6) is 0 Å². The van der Waals surface area contributed by atoms with Gasteiger partial charge in [0, 0.05) is 10.4 Å². The second kappa shape index (κ2) is 7.37. The van der Waals surface area contributed by atoms with E-state index in [9.17, 15) is 9.59 Å². The number of amides is 1. The molecule has 3 aromatic rings. The van der Waals surface area contributed by atoms with Crippen LogP contribution in [0.4, 0.5) is 5.00 Å². The summed E-state index contributed by atoms with van der Waals surface area (Å²) in [6.45, 7) is 0. The molecular formula is C22H19NO3S. The molecule has 27 heavy (non-hydrogen) atoms. The van der Waals surface area contributed by atoms with Crippen LogP contribution in [0.2, 0.25) is 0 Å². The number of benzene rings is 2. The number of hydrogen-bond acceptors (Lipinski definition) is 4. The van der Waals surface area contributed by atoms with Gasteiger partial charge in [-0.25, -0.2) is 4.79 Å². The van der Waals surface area contributed by atoms with Crippen molar-refractivity contribution in [3.8, 4) is 11.1 Å². The number of aryl methyl sites for hydroxylation is 1. The first-order valence-electron chi connectivity index (χ1n) is 8.87. The molecule has 1 aromatic heterocycles. The average Bonchev–Trinajstić information content (AvgIpc) is 3.29. The monoisotopic (exact) mass is 377 g/mol. The molecule has 2 aromatic carbocycles. The van der Waals surface area contributed by atoms with Crippen molar-refractivity contribution in [2.45, 2.75) is 19.3 Å². The van der Waals surface area contributed by atoms with Crippen LogP contribution in [0.25, 0.3) is 11.1 Å². The van der Waals surface area contributed by atoms with E-state index in [1.54, 1.807) is 12.1 Å². The number of carbonyl (C=O) groups is 2. The van der Waals surface area contributed by atoms with Gasteiger partial charge >= 0.3 is 5.97 Å². The number of ether oxygens (including phenoxy) is 1. The van der Waals surface area contributed by atoms with Gasteiger partial charge in [0.25, 0.3) is 5.91 Å². The Bertz CT molecular complexity index is 990. The number of hydrogen-bond donors (Lipinski definition) is 1. The molecule has 5 heteroatoms. The lowest BCUT2D eigenvalue weighted by Gasteiger charge is -2.08. The third-order valence-electron chi connectivity index (χ3n) is 4.79. The smallest absolute Gasteiger partial charge is 0.341 e. The first-order chi connectivity index (χ1) is 13.2. The number of rotatable bonds is 4. The summed E-state index contributed by atoms with van der Waals surface area (Å²) in [5.74, 6) is -0.608. The zero-order valence-electron chi connectivity index (χ0n) is 15.0. The molecule has 1 aliphatic rings. The van der Waals surface area contributed by atoms with Gasteiger partial charge in [-0.2, -0.15) is 0 Å². The Morgan fingerprint density at radius 1 is 0.963 bits per heavy atom. The molecule has 1 heterocycles. The Labute approximate surface area is 161 Å². The van der Waals surface area contributed by atoms with Crippen molar-refractivity contribution in [2.24, 2.45) is 0 Å². The van der Waals surface area contributed by atoms with Gasteiger partial charge in [0.05, 0.1) is 12.7 Å². The van der Waals surface area contributed by atoms with Crippen LogP contribution in [0.3, 0.4) is 0 Å². The van der Waals surface area contributed by atoms with Gasteiger partial charge in [-0.05, 0) is 48.1 Å². The van der Waals surface area contributed by atoms with E-state index in [-0.39, 0.29) is 11.9 Å². The highest BCUT2D eigenvalue weighted by Crippen LogP contribution is 2.39. The molecule has 0 aliphatic heterocycles. The fourth-order valence-electron chi connectivity index (χ4n) is 3.43. The minimum Gasteiger partial charge on any atom is -0.465 e. The number of anilines is 1. The highest BCUT2D eigenvalue weighted by Gasteiger charge is 2.28. The van der Waals surface area contributed by atoms with Crippen LogP contribution >= 0.6 is 11.3 Å². The summed E-state index contributed by atoms with van der Waals surface area (Å²) in [5, 5.41) is 3.50. The minimum atomic E-state index is -0.385. The number of methoxy groups -OCH3 is 1. The maximum Gasteiger partial charge on any atom is 0.341 e. The van der Waals surface area contributed by atoms with Crippen LogP contribution in [-0.2, 0) is 17.6 Å². The molecule has 4 nitrogen and oxygen atoms in total. The number of carbonyl (C=O) groups excluding carboxylic acids is 2. The molecule has 0 radical (unpaired) electrons. The van der Waals surface area contributed by atoms with E-state index in [1.165, 1.54) is 23.3 Å². The summed E-state index contributed by atoms with van der Waals surface area (Å²) < 4.78 is 4.93. The van der Waals surface area contributed by atoms with E-state index in [1.807, 2.05) is 42.5 Å². The molecule has 1 N–H and O–H groups in total. The zero-order valence-corrected chi connectivity index (χ0v) is 15.8. The minimum absolute atomic E-state index is 0.223. The Morgan fingerprint density at radius 2 is 1.67 bits per heavy atom. The fraction of sp³-hybridized carbons (Fsp3) is 0.182. The Kier molecular flexibility index (Phi) is 4.77. The van der Waals surface area contributed by atoms with Gasteiger partial charge in [0.1, 0.15) is 5.00 Å². The van der Waals surface area contributed by atoms with Crippen LogP contribution < -0.4 is 5.32 Å². The van der Waals surface area contributed by atoms with Crippen molar-refractivity contribution >= 4 is 28.2 Å². The van der Waals surface area contributed by atoms with Gasteiger partial charge in [0.15, 0.2) is 0 Å².